The number of carbonyl (C=O) groups excluding carboxylic acids is 1. The van der Waals surface area contributed by atoms with E-state index in [0.717, 1.165) is 63.4 Å². The summed E-state index contributed by atoms with van der Waals surface area (Å²) in [4.78, 5) is 25.4. The molecule has 0 heterocycles. The van der Waals surface area contributed by atoms with Crippen LogP contribution in [0.2, 0.25) is 0 Å². The highest BCUT2D eigenvalue weighted by atomic mass is 16.5. The summed E-state index contributed by atoms with van der Waals surface area (Å²) in [5.41, 5.74) is 3.26. The van der Waals surface area contributed by atoms with Crippen molar-refractivity contribution < 1.29 is 24.5 Å². The van der Waals surface area contributed by atoms with Gasteiger partial charge in [-0.15, -0.1) is 0 Å². The van der Waals surface area contributed by atoms with Gasteiger partial charge in [0.15, 0.2) is 0 Å². The molecule has 5 aliphatic carbocycles. The van der Waals surface area contributed by atoms with E-state index in [2.05, 4.69) is 53.7 Å². The van der Waals surface area contributed by atoms with Crippen LogP contribution in [-0.4, -0.2) is 28.3 Å². The minimum atomic E-state index is -0.646. The number of phenolic OH excluding ortho intramolecular Hbond substituents is 1. The van der Waals surface area contributed by atoms with Crippen LogP contribution in [0.5, 0.6) is 5.75 Å². The minimum absolute atomic E-state index is 0.00556. The summed E-state index contributed by atoms with van der Waals surface area (Å²) in [6, 6.07) is 6.77. The first kappa shape index (κ1) is 31.2. The summed E-state index contributed by atoms with van der Waals surface area (Å²) in [6.45, 7) is 16.4. The fourth-order valence-corrected chi connectivity index (χ4v) is 10.9. The first-order valence-electron chi connectivity index (χ1n) is 16.8. The second kappa shape index (κ2) is 10.1. The van der Waals surface area contributed by atoms with E-state index in [1.807, 2.05) is 6.92 Å². The molecule has 8 atom stereocenters. The minimum Gasteiger partial charge on any atom is -0.508 e. The van der Waals surface area contributed by atoms with Crippen LogP contribution >= 0.6 is 0 Å². The van der Waals surface area contributed by atoms with Crippen molar-refractivity contribution in [3.63, 3.8) is 0 Å². The van der Waals surface area contributed by atoms with Crippen LogP contribution in [0.25, 0.3) is 6.08 Å². The Bertz CT molecular complexity index is 1450. The van der Waals surface area contributed by atoms with Crippen LogP contribution in [0.4, 0.5) is 0 Å². The molecule has 0 radical (unpaired) electrons. The Hall–Kier alpha value is -2.82. The van der Waals surface area contributed by atoms with Crippen molar-refractivity contribution >= 4 is 18.0 Å². The lowest BCUT2D eigenvalue weighted by molar-refractivity contribution is -0.172. The van der Waals surface area contributed by atoms with Gasteiger partial charge in [0.2, 0.25) is 0 Å². The van der Waals surface area contributed by atoms with Crippen LogP contribution in [0, 0.1) is 44.3 Å². The fraction of sp³-hybridized carbons (Fsp3) is 0.641. The highest BCUT2D eigenvalue weighted by Crippen LogP contribution is 2.74. The van der Waals surface area contributed by atoms with Crippen molar-refractivity contribution in [2.75, 3.05) is 0 Å². The van der Waals surface area contributed by atoms with Crippen LogP contribution in [0.3, 0.4) is 0 Å². The Labute approximate surface area is 263 Å². The van der Waals surface area contributed by atoms with Gasteiger partial charge in [0.05, 0.1) is 5.41 Å². The van der Waals surface area contributed by atoms with Gasteiger partial charge in [0.1, 0.15) is 11.9 Å². The van der Waals surface area contributed by atoms with Crippen molar-refractivity contribution in [3.05, 3.63) is 59.2 Å². The Morgan fingerprint density at radius 1 is 0.864 bits per heavy atom. The lowest BCUT2D eigenvalue weighted by Crippen LogP contribution is -2.61. The van der Waals surface area contributed by atoms with Crippen molar-refractivity contribution in [2.45, 2.75) is 112 Å². The van der Waals surface area contributed by atoms with Gasteiger partial charge in [0, 0.05) is 11.5 Å². The number of rotatable bonds is 4. The van der Waals surface area contributed by atoms with Crippen molar-refractivity contribution in [1.82, 2.24) is 0 Å². The number of hydrogen-bond donors (Lipinski definition) is 2. The van der Waals surface area contributed by atoms with Crippen LogP contribution in [-0.2, 0) is 14.3 Å². The molecule has 2 N–H and O–H groups in total. The molecule has 0 amide bonds. The maximum absolute atomic E-state index is 13.0. The fourth-order valence-electron chi connectivity index (χ4n) is 10.9. The Morgan fingerprint density at radius 2 is 1.55 bits per heavy atom. The van der Waals surface area contributed by atoms with E-state index in [1.165, 1.54) is 17.2 Å². The molecule has 3 saturated carbocycles. The second-order valence-electron chi connectivity index (χ2n) is 16.9. The molecule has 0 unspecified atom stereocenters. The Balaban J connectivity index is 1.26. The standard InChI is InChI=1S/C39H52O5/c1-34(2)29-14-13-28-27(37(29,5)18-17-31(34)44-32(41)15-10-25-8-11-26(40)12-9-25)16-19-39(7)30-24-36(4,33(42)43)21-20-35(30,3)22-23-38(28,39)6/h8-13,15-16,29-31,40H,14,17-24H2,1-7H3,(H,42,43)/b15-10+/t29-,30+,31-,35+,36+,37+,38+,39-/m0/s1. The molecule has 0 bridgehead atoms. The molecular formula is C39H52O5. The van der Waals surface area contributed by atoms with Crippen molar-refractivity contribution in [2.24, 2.45) is 44.3 Å². The number of carbonyl (C=O) groups is 2. The summed E-state index contributed by atoms with van der Waals surface area (Å²) in [6.07, 6.45) is 16.8. The molecule has 3 fully saturated rings. The second-order valence-corrected chi connectivity index (χ2v) is 16.9. The lowest BCUT2D eigenvalue weighted by atomic mass is 9.35. The molecule has 0 aromatic heterocycles. The number of aliphatic carboxylic acids is 1. The third kappa shape index (κ3) is 4.46. The maximum Gasteiger partial charge on any atom is 0.331 e. The number of phenols is 1. The molecule has 0 aliphatic heterocycles. The van der Waals surface area contributed by atoms with E-state index in [1.54, 1.807) is 30.3 Å². The first-order valence-corrected chi connectivity index (χ1v) is 16.8. The molecule has 1 aromatic carbocycles. The van der Waals surface area contributed by atoms with Gasteiger partial charge in [-0.05, 0) is 133 Å². The lowest BCUT2D eigenvalue weighted by Gasteiger charge is -2.68. The van der Waals surface area contributed by atoms with Gasteiger partial charge in [-0.1, -0.05) is 65.8 Å². The average molecular weight is 601 g/mol. The number of aromatic hydroxyl groups is 1. The zero-order valence-electron chi connectivity index (χ0n) is 27.8. The van der Waals surface area contributed by atoms with E-state index >= 15 is 0 Å². The summed E-state index contributed by atoms with van der Waals surface area (Å²) in [7, 11) is 0. The monoisotopic (exact) mass is 600 g/mol. The maximum atomic E-state index is 13.0. The summed E-state index contributed by atoms with van der Waals surface area (Å²) < 4.78 is 6.15. The molecule has 44 heavy (non-hydrogen) atoms. The SMILES string of the molecule is CC1(C)[C@@H](OC(=O)/C=C/c2ccc(O)cc2)CC[C@]2(C)C3=CC[C@@]4(C)[C@@H]5C[C@](C)(C(=O)O)CC[C@]5(C)CC[C@]4(C)C3=CC[C@@H]12. The number of fused-ring (bicyclic) bond motifs is 7. The van der Waals surface area contributed by atoms with Crippen molar-refractivity contribution in [3.8, 4) is 5.75 Å². The van der Waals surface area contributed by atoms with E-state index in [4.69, 9.17) is 4.74 Å². The summed E-state index contributed by atoms with van der Waals surface area (Å²) in [5, 5.41) is 19.7. The summed E-state index contributed by atoms with van der Waals surface area (Å²) in [5.74, 6) is -0.0352. The molecule has 6 rings (SSSR count). The normalized spacial score (nSPS) is 42.6. The molecule has 238 valence electrons. The molecular weight excluding hydrogens is 548 g/mol. The molecule has 5 aliphatic rings. The first-order chi connectivity index (χ1) is 20.5. The Morgan fingerprint density at radius 3 is 2.23 bits per heavy atom. The number of hydrogen-bond acceptors (Lipinski definition) is 4. The number of ether oxygens (including phenoxy) is 1. The molecule has 5 heteroatoms. The third-order valence-corrected chi connectivity index (χ3v) is 14.3. The van der Waals surface area contributed by atoms with E-state index < -0.39 is 11.4 Å². The van der Waals surface area contributed by atoms with Gasteiger partial charge in [-0.3, -0.25) is 4.79 Å². The zero-order chi connectivity index (χ0) is 31.9. The van der Waals surface area contributed by atoms with Gasteiger partial charge in [-0.25, -0.2) is 4.79 Å². The van der Waals surface area contributed by atoms with E-state index in [0.29, 0.717) is 11.8 Å². The third-order valence-electron chi connectivity index (χ3n) is 14.3. The number of esters is 1. The number of allylic oxidation sites excluding steroid dienone is 4. The smallest absolute Gasteiger partial charge is 0.331 e. The van der Waals surface area contributed by atoms with Crippen LogP contribution < -0.4 is 0 Å². The van der Waals surface area contributed by atoms with Crippen LogP contribution in [0.1, 0.15) is 112 Å². The van der Waals surface area contributed by atoms with Crippen molar-refractivity contribution in [1.29, 1.82) is 0 Å². The number of carboxylic acids is 1. The van der Waals surface area contributed by atoms with Gasteiger partial charge < -0.3 is 14.9 Å². The number of benzene rings is 1. The topological polar surface area (TPSA) is 83.8 Å². The zero-order valence-corrected chi connectivity index (χ0v) is 27.8. The number of carboxylic acid groups (broad SMARTS) is 1. The highest BCUT2D eigenvalue weighted by Gasteiger charge is 2.66. The van der Waals surface area contributed by atoms with E-state index in [9.17, 15) is 19.8 Å². The van der Waals surface area contributed by atoms with E-state index in [-0.39, 0.29) is 44.9 Å². The van der Waals surface area contributed by atoms with Gasteiger partial charge in [-0.2, -0.15) is 0 Å². The molecule has 1 aromatic rings. The molecule has 0 saturated heterocycles. The largest absolute Gasteiger partial charge is 0.508 e. The molecule has 5 nitrogen and oxygen atoms in total. The Kier molecular flexibility index (Phi) is 7.15. The molecule has 0 spiro atoms. The quantitative estimate of drug-likeness (QED) is 0.266. The average Bonchev–Trinajstić information content (AvgIpc) is 2.96. The predicted octanol–water partition coefficient (Wildman–Crippen LogP) is 9.12. The van der Waals surface area contributed by atoms with Gasteiger partial charge >= 0.3 is 11.9 Å². The van der Waals surface area contributed by atoms with Crippen LogP contribution in [0.15, 0.2) is 53.6 Å². The predicted molar refractivity (Wildman–Crippen MR) is 174 cm³/mol. The van der Waals surface area contributed by atoms with Gasteiger partial charge in [0.25, 0.3) is 0 Å². The summed E-state index contributed by atoms with van der Waals surface area (Å²) >= 11 is 0. The highest BCUT2D eigenvalue weighted by molar-refractivity contribution is 5.87.